The van der Waals surface area contributed by atoms with Gasteiger partial charge in [-0.15, -0.1) is 0 Å². The Morgan fingerprint density at radius 3 is 2.90 bits per heavy atom. The number of benzene rings is 1. The second-order valence-electron chi connectivity index (χ2n) is 6.21. The first-order chi connectivity index (χ1) is 10.2. The topological polar surface area (TPSA) is 32.3 Å². The van der Waals surface area contributed by atoms with Crippen LogP contribution >= 0.6 is 0 Å². The van der Waals surface area contributed by atoms with Gasteiger partial charge < -0.3 is 10.2 Å². The monoisotopic (exact) mass is 290 g/mol. The highest BCUT2D eigenvalue weighted by molar-refractivity contribution is 5.79. The van der Waals surface area contributed by atoms with Gasteiger partial charge in [-0.05, 0) is 49.8 Å². The average Bonchev–Trinajstić information content (AvgIpc) is 3.04. The molecule has 2 aliphatic heterocycles. The van der Waals surface area contributed by atoms with E-state index in [1.807, 2.05) is 4.90 Å². The number of rotatable bonds is 3. The standard InChI is InChI=1S/C17H23FN2O/c18-15-7-2-1-5-13(15)11-17(21)20-10-4-6-14(12-20)16-8-3-9-19-16/h1-2,5,7,14,16,19H,3-4,6,8-12H2. The lowest BCUT2D eigenvalue weighted by Crippen LogP contribution is -2.46. The van der Waals surface area contributed by atoms with Crippen molar-refractivity contribution in [2.24, 2.45) is 5.92 Å². The molecule has 0 aliphatic carbocycles. The van der Waals surface area contributed by atoms with Crippen molar-refractivity contribution in [1.82, 2.24) is 10.2 Å². The molecule has 0 radical (unpaired) electrons. The summed E-state index contributed by atoms with van der Waals surface area (Å²) in [7, 11) is 0. The molecule has 2 heterocycles. The molecule has 2 saturated heterocycles. The van der Waals surface area contributed by atoms with Crippen LogP contribution in [0.1, 0.15) is 31.2 Å². The Morgan fingerprint density at radius 1 is 1.29 bits per heavy atom. The van der Waals surface area contributed by atoms with Crippen molar-refractivity contribution in [2.45, 2.75) is 38.1 Å². The van der Waals surface area contributed by atoms with E-state index in [1.54, 1.807) is 18.2 Å². The maximum atomic E-state index is 13.7. The van der Waals surface area contributed by atoms with E-state index < -0.39 is 0 Å². The van der Waals surface area contributed by atoms with E-state index in [4.69, 9.17) is 0 Å². The number of nitrogens with zero attached hydrogens (tertiary/aromatic N) is 1. The van der Waals surface area contributed by atoms with Gasteiger partial charge in [0.15, 0.2) is 0 Å². The Bertz CT molecular complexity index is 499. The predicted octanol–water partition coefficient (Wildman–Crippen LogP) is 2.36. The Kier molecular flexibility index (Phi) is 4.54. The maximum Gasteiger partial charge on any atom is 0.227 e. The fourth-order valence-corrected chi connectivity index (χ4v) is 3.60. The highest BCUT2D eigenvalue weighted by atomic mass is 19.1. The van der Waals surface area contributed by atoms with Gasteiger partial charge in [-0.1, -0.05) is 18.2 Å². The number of carbonyl (C=O) groups is 1. The highest BCUT2D eigenvalue weighted by Crippen LogP contribution is 2.25. The van der Waals surface area contributed by atoms with Gasteiger partial charge in [0.05, 0.1) is 6.42 Å². The molecule has 0 spiro atoms. The van der Waals surface area contributed by atoms with Crippen molar-refractivity contribution < 1.29 is 9.18 Å². The summed E-state index contributed by atoms with van der Waals surface area (Å²) >= 11 is 0. The lowest BCUT2D eigenvalue weighted by atomic mass is 9.89. The fourth-order valence-electron chi connectivity index (χ4n) is 3.60. The molecule has 1 amide bonds. The van der Waals surface area contributed by atoms with Crippen molar-refractivity contribution in [3.05, 3.63) is 35.6 Å². The number of amides is 1. The molecule has 3 nitrogen and oxygen atoms in total. The molecule has 3 rings (SSSR count). The van der Waals surface area contributed by atoms with Crippen LogP contribution in [0.4, 0.5) is 4.39 Å². The quantitative estimate of drug-likeness (QED) is 0.927. The van der Waals surface area contributed by atoms with Gasteiger partial charge in [0.2, 0.25) is 5.91 Å². The molecule has 2 aliphatic rings. The molecule has 0 bridgehead atoms. The molecule has 114 valence electrons. The number of carbonyl (C=O) groups excluding carboxylic acids is 1. The smallest absolute Gasteiger partial charge is 0.227 e. The molecule has 1 aromatic carbocycles. The summed E-state index contributed by atoms with van der Waals surface area (Å²) in [6.45, 7) is 2.74. The molecule has 1 aromatic rings. The van der Waals surface area contributed by atoms with E-state index in [0.29, 0.717) is 17.5 Å². The van der Waals surface area contributed by atoms with Crippen LogP contribution in [0.25, 0.3) is 0 Å². The van der Waals surface area contributed by atoms with Gasteiger partial charge >= 0.3 is 0 Å². The van der Waals surface area contributed by atoms with E-state index >= 15 is 0 Å². The summed E-state index contributed by atoms with van der Waals surface area (Å²) in [5, 5.41) is 3.55. The molecular weight excluding hydrogens is 267 g/mol. The molecule has 2 unspecified atom stereocenters. The minimum absolute atomic E-state index is 0.0581. The summed E-state index contributed by atoms with van der Waals surface area (Å²) in [6.07, 6.45) is 4.90. The molecule has 4 heteroatoms. The number of likely N-dealkylation sites (tertiary alicyclic amines) is 1. The first-order valence-corrected chi connectivity index (χ1v) is 7.98. The van der Waals surface area contributed by atoms with Gasteiger partial charge in [0.1, 0.15) is 5.82 Å². The normalized spacial score (nSPS) is 26.0. The molecule has 2 atom stereocenters. The second kappa shape index (κ2) is 6.56. The van der Waals surface area contributed by atoms with Gasteiger partial charge in [-0.3, -0.25) is 4.79 Å². The summed E-state index contributed by atoms with van der Waals surface area (Å²) in [5.74, 6) is 0.338. The zero-order valence-electron chi connectivity index (χ0n) is 12.4. The van der Waals surface area contributed by atoms with Crippen molar-refractivity contribution in [3.8, 4) is 0 Å². The first-order valence-electron chi connectivity index (χ1n) is 7.98. The molecular formula is C17H23FN2O. The summed E-state index contributed by atoms with van der Waals surface area (Å²) in [6, 6.07) is 7.13. The van der Waals surface area contributed by atoms with E-state index in [-0.39, 0.29) is 18.1 Å². The van der Waals surface area contributed by atoms with Crippen molar-refractivity contribution in [3.63, 3.8) is 0 Å². The van der Waals surface area contributed by atoms with Gasteiger partial charge in [0.25, 0.3) is 0 Å². The number of piperidine rings is 1. The van der Waals surface area contributed by atoms with Crippen molar-refractivity contribution >= 4 is 5.91 Å². The Labute approximate surface area is 125 Å². The molecule has 0 saturated carbocycles. The van der Waals surface area contributed by atoms with E-state index in [1.165, 1.54) is 25.3 Å². The minimum atomic E-state index is -0.281. The third-order valence-corrected chi connectivity index (χ3v) is 4.78. The van der Waals surface area contributed by atoms with Crippen molar-refractivity contribution in [1.29, 1.82) is 0 Å². The highest BCUT2D eigenvalue weighted by Gasteiger charge is 2.30. The predicted molar refractivity (Wildman–Crippen MR) is 80.4 cm³/mol. The fraction of sp³-hybridized carbons (Fsp3) is 0.588. The van der Waals surface area contributed by atoms with Crippen molar-refractivity contribution in [2.75, 3.05) is 19.6 Å². The average molecular weight is 290 g/mol. The van der Waals surface area contributed by atoms with Crippen LogP contribution in [0.3, 0.4) is 0 Å². The van der Waals surface area contributed by atoms with Gasteiger partial charge in [0, 0.05) is 19.1 Å². The third-order valence-electron chi connectivity index (χ3n) is 4.78. The zero-order chi connectivity index (χ0) is 14.7. The Balaban J connectivity index is 1.60. The lowest BCUT2D eigenvalue weighted by Gasteiger charge is -2.36. The van der Waals surface area contributed by atoms with Crippen LogP contribution in [0.2, 0.25) is 0 Å². The SMILES string of the molecule is O=C(Cc1ccccc1F)N1CCCC(C2CCCN2)C1. The summed E-state index contributed by atoms with van der Waals surface area (Å²) < 4.78 is 13.7. The van der Waals surface area contributed by atoms with E-state index in [0.717, 1.165) is 26.1 Å². The number of hydrogen-bond donors (Lipinski definition) is 1. The summed E-state index contributed by atoms with van der Waals surface area (Å²) in [5.41, 5.74) is 0.503. The van der Waals surface area contributed by atoms with Gasteiger partial charge in [-0.2, -0.15) is 0 Å². The molecule has 0 aromatic heterocycles. The van der Waals surface area contributed by atoms with E-state index in [2.05, 4.69) is 5.32 Å². The Morgan fingerprint density at radius 2 is 2.14 bits per heavy atom. The van der Waals surface area contributed by atoms with Crippen LogP contribution in [-0.4, -0.2) is 36.5 Å². The molecule has 2 fully saturated rings. The van der Waals surface area contributed by atoms with Crippen LogP contribution in [0.15, 0.2) is 24.3 Å². The van der Waals surface area contributed by atoms with E-state index in [9.17, 15) is 9.18 Å². The maximum absolute atomic E-state index is 13.7. The van der Waals surface area contributed by atoms with Crippen LogP contribution in [0, 0.1) is 11.7 Å². The number of nitrogens with one attached hydrogen (secondary N) is 1. The number of halogens is 1. The van der Waals surface area contributed by atoms with Gasteiger partial charge in [-0.25, -0.2) is 4.39 Å². The minimum Gasteiger partial charge on any atom is -0.342 e. The van der Waals surface area contributed by atoms with Crippen LogP contribution in [-0.2, 0) is 11.2 Å². The Hall–Kier alpha value is -1.42. The van der Waals surface area contributed by atoms with Crippen LogP contribution < -0.4 is 5.32 Å². The lowest BCUT2D eigenvalue weighted by molar-refractivity contribution is -0.132. The number of hydrogen-bond acceptors (Lipinski definition) is 2. The first kappa shape index (κ1) is 14.5. The zero-order valence-corrected chi connectivity index (χ0v) is 12.4. The largest absolute Gasteiger partial charge is 0.342 e. The molecule has 1 N–H and O–H groups in total. The summed E-state index contributed by atoms with van der Waals surface area (Å²) in [4.78, 5) is 14.4. The second-order valence-corrected chi connectivity index (χ2v) is 6.21. The molecule has 21 heavy (non-hydrogen) atoms. The van der Waals surface area contributed by atoms with Crippen LogP contribution in [0.5, 0.6) is 0 Å². The third kappa shape index (κ3) is 3.43.